The minimum absolute atomic E-state index is 0. The topological polar surface area (TPSA) is 63.1 Å². The molecule has 0 spiro atoms. The minimum Gasteiger partial charge on any atom is -1.00 e. The van der Waals surface area contributed by atoms with Gasteiger partial charge in [-0.2, -0.15) is 0 Å². The Balaban J connectivity index is 0.00000341. The number of hydrogen-bond donors (Lipinski definition) is 2. The molecular formula is C24H32ClN3O3. The molecular weight excluding hydrogens is 414 g/mol. The van der Waals surface area contributed by atoms with Crippen molar-refractivity contribution in [3.8, 4) is 0 Å². The van der Waals surface area contributed by atoms with Crippen molar-refractivity contribution in [3.05, 3.63) is 53.6 Å². The fourth-order valence-corrected chi connectivity index (χ4v) is 3.86. The fraction of sp³-hybridized carbons (Fsp3) is 0.417. The average molecular weight is 446 g/mol. The van der Waals surface area contributed by atoms with Gasteiger partial charge in [0.2, 0.25) is 0 Å². The Labute approximate surface area is 191 Å². The van der Waals surface area contributed by atoms with Crippen LogP contribution in [0, 0.1) is 0 Å². The maximum atomic E-state index is 13.5. The maximum Gasteiger partial charge on any atom is 0.411 e. The highest BCUT2D eigenvalue weighted by atomic mass is 35.5. The van der Waals surface area contributed by atoms with Gasteiger partial charge in [0.1, 0.15) is 0 Å². The number of anilines is 3. The molecule has 0 aromatic heterocycles. The molecule has 2 amide bonds. The van der Waals surface area contributed by atoms with E-state index in [9.17, 15) is 9.59 Å². The highest BCUT2D eigenvalue weighted by Crippen LogP contribution is 2.37. The summed E-state index contributed by atoms with van der Waals surface area (Å²) in [6.45, 7) is 5.62. The van der Waals surface area contributed by atoms with E-state index in [0.717, 1.165) is 54.7 Å². The predicted octanol–water partition coefficient (Wildman–Crippen LogP) is 0.337. The van der Waals surface area contributed by atoms with Gasteiger partial charge in [-0.1, -0.05) is 37.6 Å². The van der Waals surface area contributed by atoms with E-state index in [1.54, 1.807) is 6.92 Å². The molecule has 1 aliphatic heterocycles. The molecule has 168 valence electrons. The van der Waals surface area contributed by atoms with E-state index in [-0.39, 0.29) is 18.3 Å². The van der Waals surface area contributed by atoms with Gasteiger partial charge in [0.25, 0.3) is 5.91 Å². The standard InChI is InChI=1S/C24H31N3O3.ClH/c1-4-6-15-26(3)17-23(28)27-21-10-8-7-9-18(21)11-12-19-13-14-20(16-22(19)27)25-24(29)30-5-2;/h7-10,13-14,16H,4-6,11-12,15,17H2,1-3H3,(H,25,29);1H. The number of aryl methyl sites for hydroxylation is 2. The van der Waals surface area contributed by atoms with E-state index >= 15 is 0 Å². The molecule has 0 aliphatic carbocycles. The van der Waals surface area contributed by atoms with E-state index < -0.39 is 6.09 Å². The van der Waals surface area contributed by atoms with E-state index in [0.29, 0.717) is 18.8 Å². The van der Waals surface area contributed by atoms with Crippen molar-refractivity contribution >= 4 is 29.1 Å². The number of rotatable bonds is 7. The third-order valence-corrected chi connectivity index (χ3v) is 5.40. The maximum absolute atomic E-state index is 13.5. The van der Waals surface area contributed by atoms with Gasteiger partial charge in [-0.15, -0.1) is 0 Å². The Morgan fingerprint density at radius 2 is 1.77 bits per heavy atom. The first-order valence-electron chi connectivity index (χ1n) is 10.8. The molecule has 0 saturated carbocycles. The molecule has 0 saturated heterocycles. The molecule has 0 radical (unpaired) electrons. The van der Waals surface area contributed by atoms with Crippen LogP contribution < -0.4 is 27.5 Å². The van der Waals surface area contributed by atoms with Gasteiger partial charge in [-0.25, -0.2) is 4.79 Å². The lowest BCUT2D eigenvalue weighted by atomic mass is 10.0. The highest BCUT2D eigenvalue weighted by Gasteiger charge is 2.28. The molecule has 0 bridgehead atoms. The van der Waals surface area contributed by atoms with E-state index in [2.05, 4.69) is 25.4 Å². The Kier molecular flexibility index (Phi) is 9.34. The van der Waals surface area contributed by atoms with Gasteiger partial charge >= 0.3 is 6.09 Å². The van der Waals surface area contributed by atoms with Crippen molar-refractivity contribution in [2.75, 3.05) is 37.0 Å². The molecule has 1 atom stereocenters. The number of carbonyl (C=O) groups is 2. The molecule has 2 aromatic carbocycles. The van der Waals surface area contributed by atoms with Crippen molar-refractivity contribution < 1.29 is 31.6 Å². The van der Waals surface area contributed by atoms with Crippen LogP contribution in [-0.4, -0.2) is 38.7 Å². The van der Waals surface area contributed by atoms with Crippen LogP contribution in [0.5, 0.6) is 0 Å². The molecule has 7 heteroatoms. The Morgan fingerprint density at radius 3 is 2.48 bits per heavy atom. The van der Waals surface area contributed by atoms with Crippen LogP contribution in [0.4, 0.5) is 21.9 Å². The Morgan fingerprint density at radius 1 is 1.06 bits per heavy atom. The number of ether oxygens (including phenoxy) is 1. The second-order valence-corrected chi connectivity index (χ2v) is 7.78. The molecule has 3 rings (SSSR count). The van der Waals surface area contributed by atoms with Crippen molar-refractivity contribution in [2.24, 2.45) is 0 Å². The second kappa shape index (κ2) is 11.7. The smallest absolute Gasteiger partial charge is 0.411 e. The van der Waals surface area contributed by atoms with Crippen LogP contribution in [0.1, 0.15) is 37.8 Å². The summed E-state index contributed by atoms with van der Waals surface area (Å²) in [5, 5.41) is 2.76. The lowest BCUT2D eigenvalue weighted by Crippen LogP contribution is -3.10. The normalized spacial score (nSPS) is 13.2. The summed E-state index contributed by atoms with van der Waals surface area (Å²) in [4.78, 5) is 28.4. The predicted molar refractivity (Wildman–Crippen MR) is 120 cm³/mol. The molecule has 6 nitrogen and oxygen atoms in total. The number of nitrogens with one attached hydrogen (secondary N) is 2. The average Bonchev–Trinajstić information content (AvgIpc) is 2.89. The van der Waals surface area contributed by atoms with Crippen LogP contribution in [0.3, 0.4) is 0 Å². The van der Waals surface area contributed by atoms with E-state index in [4.69, 9.17) is 4.74 Å². The lowest BCUT2D eigenvalue weighted by Gasteiger charge is -2.26. The first kappa shape index (κ1) is 24.7. The summed E-state index contributed by atoms with van der Waals surface area (Å²) in [5.74, 6) is 0.0625. The van der Waals surface area contributed by atoms with Crippen molar-refractivity contribution in [2.45, 2.75) is 39.5 Å². The fourth-order valence-electron chi connectivity index (χ4n) is 3.86. The zero-order valence-corrected chi connectivity index (χ0v) is 19.3. The summed E-state index contributed by atoms with van der Waals surface area (Å²) < 4.78 is 5.00. The molecule has 1 unspecified atom stereocenters. The Hall–Kier alpha value is -2.57. The summed E-state index contributed by atoms with van der Waals surface area (Å²) in [7, 11) is 2.07. The quantitative estimate of drug-likeness (QED) is 0.646. The van der Waals surface area contributed by atoms with Gasteiger partial charge in [0.15, 0.2) is 6.54 Å². The van der Waals surface area contributed by atoms with Crippen molar-refractivity contribution in [3.63, 3.8) is 0 Å². The number of benzene rings is 2. The lowest BCUT2D eigenvalue weighted by molar-refractivity contribution is -0.871. The number of nitrogens with zero attached hydrogens (tertiary/aromatic N) is 1. The monoisotopic (exact) mass is 445 g/mol. The van der Waals surface area contributed by atoms with Crippen LogP contribution in [0.15, 0.2) is 42.5 Å². The number of likely N-dealkylation sites (N-methyl/N-ethyl adjacent to an activating group) is 1. The van der Waals surface area contributed by atoms with E-state index in [1.165, 1.54) is 4.90 Å². The van der Waals surface area contributed by atoms with Gasteiger partial charge in [-0.05, 0) is 55.5 Å². The second-order valence-electron chi connectivity index (χ2n) is 7.78. The number of fused-ring (bicyclic) bond motifs is 2. The third kappa shape index (κ3) is 6.21. The number of para-hydroxylation sites is 1. The first-order chi connectivity index (χ1) is 14.5. The largest absolute Gasteiger partial charge is 1.00 e. The molecule has 0 fully saturated rings. The number of quaternary nitrogens is 1. The van der Waals surface area contributed by atoms with Gasteiger partial charge in [0, 0.05) is 5.69 Å². The number of amides is 2. The minimum atomic E-state index is -0.493. The zero-order valence-electron chi connectivity index (χ0n) is 18.5. The van der Waals surface area contributed by atoms with Gasteiger partial charge in [-0.3, -0.25) is 15.0 Å². The summed E-state index contributed by atoms with van der Waals surface area (Å²) in [6, 6.07) is 13.8. The number of unbranched alkanes of at least 4 members (excludes halogenated alkanes) is 1. The summed E-state index contributed by atoms with van der Waals surface area (Å²) in [5.41, 5.74) is 4.64. The first-order valence-corrected chi connectivity index (χ1v) is 10.8. The molecule has 31 heavy (non-hydrogen) atoms. The third-order valence-electron chi connectivity index (χ3n) is 5.40. The van der Waals surface area contributed by atoms with Gasteiger partial charge < -0.3 is 22.0 Å². The molecule has 2 aromatic rings. The van der Waals surface area contributed by atoms with Gasteiger partial charge in [0.05, 0.1) is 31.6 Å². The summed E-state index contributed by atoms with van der Waals surface area (Å²) >= 11 is 0. The van der Waals surface area contributed by atoms with Crippen LogP contribution in [-0.2, 0) is 22.4 Å². The number of halogens is 1. The highest BCUT2D eigenvalue weighted by molar-refractivity contribution is 6.03. The van der Waals surface area contributed by atoms with E-state index in [1.807, 2.05) is 41.3 Å². The van der Waals surface area contributed by atoms with Crippen LogP contribution in [0.25, 0.3) is 0 Å². The SMILES string of the molecule is CCCC[NH+](C)CC(=O)N1c2ccccc2CCc2ccc(NC(=O)OCC)cc21.[Cl-]. The molecule has 1 heterocycles. The zero-order chi connectivity index (χ0) is 21.5. The number of hydrogen-bond acceptors (Lipinski definition) is 3. The summed E-state index contributed by atoms with van der Waals surface area (Å²) in [6.07, 6.45) is 3.43. The molecule has 2 N–H and O–H groups in total. The van der Waals surface area contributed by atoms with Crippen molar-refractivity contribution in [1.29, 1.82) is 0 Å². The molecule has 1 aliphatic rings. The number of carbonyl (C=O) groups excluding carboxylic acids is 2. The van der Waals surface area contributed by atoms with Crippen molar-refractivity contribution in [1.82, 2.24) is 0 Å². The van der Waals surface area contributed by atoms with Crippen LogP contribution in [0.2, 0.25) is 0 Å². The van der Waals surface area contributed by atoms with Crippen LogP contribution >= 0.6 is 0 Å². The Bertz CT molecular complexity index is 903.